The quantitative estimate of drug-likeness (QED) is 0.501. The number of rotatable bonds is 4. The van der Waals surface area contributed by atoms with Crippen LogP contribution in [0, 0.1) is 13.8 Å². The van der Waals surface area contributed by atoms with Crippen molar-refractivity contribution in [1.82, 2.24) is 0 Å². The standard InChI is InChI=1S/C22H31O4PS/c1-13-9-15(23)19(21(3,4)5)17(11-13)28-18-12-14(2)10-16(26-27(24)25)20(18)22(6,7)8/h9-12,23-25H,1-8H3. The van der Waals surface area contributed by atoms with E-state index in [1.165, 1.54) is 0 Å². The molecule has 154 valence electrons. The Morgan fingerprint density at radius 3 is 1.71 bits per heavy atom. The first-order valence-corrected chi connectivity index (χ1v) is 11.2. The van der Waals surface area contributed by atoms with Gasteiger partial charge in [0.2, 0.25) is 0 Å². The Hall–Kier alpha value is -1.26. The molecule has 0 aromatic heterocycles. The third-order valence-corrected chi connectivity index (χ3v) is 5.78. The number of hydrogen-bond acceptors (Lipinski definition) is 5. The molecule has 0 fully saturated rings. The van der Waals surface area contributed by atoms with E-state index in [1.54, 1.807) is 17.8 Å². The van der Waals surface area contributed by atoms with E-state index in [0.717, 1.165) is 32.0 Å². The van der Waals surface area contributed by atoms with E-state index < -0.39 is 8.60 Å². The van der Waals surface area contributed by atoms with E-state index in [4.69, 9.17) is 4.52 Å². The SMILES string of the molecule is Cc1cc(O)c(C(C)(C)C)c(Sc2cc(C)cc(OP(O)O)c2C(C)(C)C)c1. The fourth-order valence-corrected chi connectivity index (χ4v) is 5.46. The van der Waals surface area contributed by atoms with Gasteiger partial charge in [-0.1, -0.05) is 53.3 Å². The Kier molecular flexibility index (Phi) is 6.77. The number of aryl methyl sites for hydroxylation is 2. The van der Waals surface area contributed by atoms with Gasteiger partial charge in [-0.2, -0.15) is 0 Å². The summed E-state index contributed by atoms with van der Waals surface area (Å²) in [5.74, 6) is 0.783. The normalized spacial score (nSPS) is 12.5. The van der Waals surface area contributed by atoms with Gasteiger partial charge >= 0.3 is 8.60 Å². The maximum atomic E-state index is 10.6. The molecule has 2 aromatic carbocycles. The molecule has 0 atom stereocenters. The van der Waals surface area contributed by atoms with Crippen molar-refractivity contribution in [3.63, 3.8) is 0 Å². The molecule has 4 nitrogen and oxygen atoms in total. The molecule has 0 amide bonds. The predicted octanol–water partition coefficient (Wildman–Crippen LogP) is 6.35. The van der Waals surface area contributed by atoms with Crippen LogP contribution in [0.25, 0.3) is 0 Å². The topological polar surface area (TPSA) is 69.9 Å². The molecule has 3 N–H and O–H groups in total. The molecular weight excluding hydrogens is 391 g/mol. The maximum absolute atomic E-state index is 10.6. The first-order valence-electron chi connectivity index (χ1n) is 9.23. The molecule has 0 aliphatic heterocycles. The Morgan fingerprint density at radius 2 is 1.25 bits per heavy atom. The highest BCUT2D eigenvalue weighted by Crippen LogP contribution is 2.48. The highest BCUT2D eigenvalue weighted by atomic mass is 32.2. The Labute approximate surface area is 174 Å². The molecule has 0 spiro atoms. The van der Waals surface area contributed by atoms with Gasteiger partial charge in [0.05, 0.1) is 0 Å². The van der Waals surface area contributed by atoms with Crippen molar-refractivity contribution in [2.75, 3.05) is 0 Å². The molecule has 0 unspecified atom stereocenters. The van der Waals surface area contributed by atoms with E-state index in [2.05, 4.69) is 53.7 Å². The number of aromatic hydroxyl groups is 1. The number of benzene rings is 2. The van der Waals surface area contributed by atoms with Crippen LogP contribution in [0.15, 0.2) is 34.1 Å². The molecule has 0 radical (unpaired) electrons. The summed E-state index contributed by atoms with van der Waals surface area (Å²) in [6.07, 6.45) is 0. The lowest BCUT2D eigenvalue weighted by molar-refractivity contribution is 0.368. The van der Waals surface area contributed by atoms with Gasteiger partial charge in [-0.15, -0.1) is 0 Å². The Bertz CT molecular complexity index is 864. The lowest BCUT2D eigenvalue weighted by atomic mass is 9.85. The molecular formula is C22H31O4PS. The molecule has 0 saturated carbocycles. The Balaban J connectivity index is 2.73. The predicted molar refractivity (Wildman–Crippen MR) is 118 cm³/mol. The van der Waals surface area contributed by atoms with Crippen LogP contribution in [0.1, 0.15) is 63.8 Å². The minimum Gasteiger partial charge on any atom is -0.508 e. The van der Waals surface area contributed by atoms with Gasteiger partial charge in [-0.25, -0.2) is 0 Å². The number of hydrogen-bond donors (Lipinski definition) is 3. The summed E-state index contributed by atoms with van der Waals surface area (Å²) in [5, 5.41) is 10.6. The molecule has 2 rings (SSSR count). The van der Waals surface area contributed by atoms with Gasteiger partial charge < -0.3 is 19.4 Å². The molecule has 0 heterocycles. The third kappa shape index (κ3) is 5.42. The fraction of sp³-hybridized carbons (Fsp3) is 0.455. The zero-order valence-electron chi connectivity index (χ0n) is 17.9. The first kappa shape index (κ1) is 23.0. The second kappa shape index (κ2) is 8.23. The summed E-state index contributed by atoms with van der Waals surface area (Å²) < 4.78 is 5.39. The first-order chi connectivity index (χ1) is 12.7. The van der Waals surface area contributed by atoms with Crippen LogP contribution in [0.5, 0.6) is 11.5 Å². The summed E-state index contributed by atoms with van der Waals surface area (Å²) in [6.45, 7) is 16.4. The average molecular weight is 423 g/mol. The van der Waals surface area contributed by atoms with Gasteiger partial charge in [-0.3, -0.25) is 0 Å². The highest BCUT2D eigenvalue weighted by molar-refractivity contribution is 7.99. The molecule has 0 bridgehead atoms. The van der Waals surface area contributed by atoms with Crippen molar-refractivity contribution in [2.24, 2.45) is 0 Å². The van der Waals surface area contributed by atoms with Crippen LogP contribution < -0.4 is 4.52 Å². The van der Waals surface area contributed by atoms with Crippen molar-refractivity contribution >= 4 is 20.4 Å². The number of phenols is 1. The smallest absolute Gasteiger partial charge is 0.391 e. The average Bonchev–Trinajstić information content (AvgIpc) is 2.41. The van der Waals surface area contributed by atoms with Crippen molar-refractivity contribution in [1.29, 1.82) is 0 Å². The van der Waals surface area contributed by atoms with E-state index in [9.17, 15) is 14.9 Å². The minimum absolute atomic E-state index is 0.227. The summed E-state index contributed by atoms with van der Waals surface area (Å²) in [5.41, 5.74) is 3.28. The maximum Gasteiger partial charge on any atom is 0.391 e. The highest BCUT2D eigenvalue weighted by Gasteiger charge is 2.28. The zero-order chi connectivity index (χ0) is 21.4. The summed E-state index contributed by atoms with van der Waals surface area (Å²) >= 11 is 1.58. The zero-order valence-corrected chi connectivity index (χ0v) is 19.6. The van der Waals surface area contributed by atoms with E-state index in [1.807, 2.05) is 19.9 Å². The third-order valence-electron chi connectivity index (χ3n) is 4.34. The van der Waals surface area contributed by atoms with Crippen molar-refractivity contribution < 1.29 is 19.4 Å². The summed E-state index contributed by atoms with van der Waals surface area (Å²) in [6, 6.07) is 7.81. The molecule has 0 aliphatic carbocycles. The summed E-state index contributed by atoms with van der Waals surface area (Å²) in [4.78, 5) is 20.9. The van der Waals surface area contributed by atoms with E-state index in [-0.39, 0.29) is 10.8 Å². The van der Waals surface area contributed by atoms with Crippen LogP contribution >= 0.6 is 20.4 Å². The van der Waals surface area contributed by atoms with Gasteiger partial charge in [0.25, 0.3) is 0 Å². The van der Waals surface area contributed by atoms with Crippen LogP contribution in [0.2, 0.25) is 0 Å². The van der Waals surface area contributed by atoms with Gasteiger partial charge in [0.1, 0.15) is 11.5 Å². The van der Waals surface area contributed by atoms with Gasteiger partial charge in [0, 0.05) is 20.9 Å². The molecule has 0 saturated heterocycles. The molecule has 0 aliphatic rings. The fourth-order valence-electron chi connectivity index (χ4n) is 3.39. The monoisotopic (exact) mass is 422 g/mol. The molecule has 28 heavy (non-hydrogen) atoms. The van der Waals surface area contributed by atoms with Crippen LogP contribution in [-0.2, 0) is 10.8 Å². The van der Waals surface area contributed by atoms with E-state index in [0.29, 0.717) is 11.5 Å². The summed E-state index contributed by atoms with van der Waals surface area (Å²) in [7, 11) is -2.51. The second-order valence-electron chi connectivity index (χ2n) is 9.24. The van der Waals surface area contributed by atoms with E-state index >= 15 is 0 Å². The largest absolute Gasteiger partial charge is 0.508 e. The lowest BCUT2D eigenvalue weighted by Gasteiger charge is -2.28. The van der Waals surface area contributed by atoms with Crippen LogP contribution in [0.4, 0.5) is 0 Å². The Morgan fingerprint density at radius 1 is 0.786 bits per heavy atom. The van der Waals surface area contributed by atoms with Crippen molar-refractivity contribution in [3.05, 3.63) is 46.5 Å². The molecule has 6 heteroatoms. The number of phenolic OH excluding ortho intramolecular Hbond substituents is 1. The minimum atomic E-state index is -2.51. The lowest BCUT2D eigenvalue weighted by Crippen LogP contribution is -2.16. The van der Waals surface area contributed by atoms with Crippen molar-refractivity contribution in [2.45, 2.75) is 76.0 Å². The molecule has 2 aromatic rings. The van der Waals surface area contributed by atoms with Crippen LogP contribution in [0.3, 0.4) is 0 Å². The second-order valence-corrected chi connectivity index (χ2v) is 11.0. The van der Waals surface area contributed by atoms with Gasteiger partial charge in [-0.05, 0) is 60.1 Å². The van der Waals surface area contributed by atoms with Gasteiger partial charge in [0.15, 0.2) is 0 Å². The van der Waals surface area contributed by atoms with Crippen LogP contribution in [-0.4, -0.2) is 14.9 Å². The van der Waals surface area contributed by atoms with Crippen molar-refractivity contribution in [3.8, 4) is 11.5 Å².